The van der Waals surface area contributed by atoms with Crippen molar-refractivity contribution in [2.24, 2.45) is 0 Å². The molecule has 0 unspecified atom stereocenters. The van der Waals surface area contributed by atoms with Crippen LogP contribution >= 0.6 is 0 Å². The Balaban J connectivity index is 1.58. The number of hydrogen-bond donors (Lipinski definition) is 1. The first kappa shape index (κ1) is 20.4. The van der Waals surface area contributed by atoms with Crippen molar-refractivity contribution in [3.8, 4) is 0 Å². The number of hydrogen-bond acceptors (Lipinski definition) is 7. The molecule has 8 heteroatoms. The van der Waals surface area contributed by atoms with E-state index in [1.54, 1.807) is 36.4 Å². The molecule has 0 aliphatic carbocycles. The van der Waals surface area contributed by atoms with Crippen LogP contribution in [0.3, 0.4) is 0 Å². The highest BCUT2D eigenvalue weighted by Gasteiger charge is 2.54. The van der Waals surface area contributed by atoms with E-state index in [2.05, 4.69) is 0 Å². The molecule has 158 valence electrons. The number of ether oxygens (including phenoxy) is 2. The van der Waals surface area contributed by atoms with Crippen LogP contribution in [0.25, 0.3) is 0 Å². The van der Waals surface area contributed by atoms with Crippen molar-refractivity contribution >= 4 is 23.7 Å². The first-order valence-electron chi connectivity index (χ1n) is 9.53. The summed E-state index contributed by atoms with van der Waals surface area (Å²) in [6.45, 7) is -1.16. The summed E-state index contributed by atoms with van der Waals surface area (Å²) < 4.78 is 15.6. The van der Waals surface area contributed by atoms with E-state index in [1.165, 1.54) is 18.4 Å². The molecule has 2 heterocycles. The third-order valence-corrected chi connectivity index (χ3v) is 5.10. The van der Waals surface area contributed by atoms with Gasteiger partial charge in [-0.15, -0.1) is 0 Å². The molecule has 1 aliphatic rings. The number of fused-ring (bicyclic) bond motifs is 1. The predicted octanol–water partition coefficient (Wildman–Crippen LogP) is 3.05. The Bertz CT molecular complexity index is 1090. The fraction of sp³-hybridized carbons (Fsp3) is 0.174. The van der Waals surface area contributed by atoms with Crippen molar-refractivity contribution in [2.45, 2.75) is 12.0 Å². The number of para-hydroxylation sites is 1. The van der Waals surface area contributed by atoms with Gasteiger partial charge in [-0.05, 0) is 29.3 Å². The van der Waals surface area contributed by atoms with Crippen LogP contribution in [0, 0.1) is 0 Å². The van der Waals surface area contributed by atoms with Crippen molar-refractivity contribution in [3.63, 3.8) is 0 Å². The Labute approximate surface area is 177 Å². The van der Waals surface area contributed by atoms with Crippen LogP contribution in [0.2, 0.25) is 0 Å². The number of carbonyl (C=O) groups is 3. The topological polar surface area (TPSA) is 106 Å². The Hall–Kier alpha value is -3.91. The molecule has 2 aromatic carbocycles. The molecule has 2 amide bonds. The zero-order chi connectivity index (χ0) is 21.8. The normalized spacial score (nSPS) is 17.3. The maximum atomic E-state index is 13.3. The van der Waals surface area contributed by atoms with Crippen LogP contribution in [0.1, 0.15) is 21.7 Å². The van der Waals surface area contributed by atoms with Crippen molar-refractivity contribution in [1.82, 2.24) is 0 Å². The standard InChI is InChI=1S/C23H19NO7/c25-14-23(15-31-20(26)19-11-6-12-29-19)17-9-4-5-10-18(17)24(21(23)27)22(28)30-13-16-7-2-1-3-8-16/h1-12,25H,13-15H2/t23-/m0/s1. The van der Waals surface area contributed by atoms with Crippen molar-refractivity contribution in [1.29, 1.82) is 0 Å². The Kier molecular flexibility index (Phi) is 5.55. The molecule has 0 fully saturated rings. The average molecular weight is 421 g/mol. The third kappa shape index (κ3) is 3.69. The first-order valence-corrected chi connectivity index (χ1v) is 9.53. The number of nitrogens with zero attached hydrogens (tertiary/aromatic N) is 1. The molecule has 1 atom stereocenters. The van der Waals surface area contributed by atoms with Gasteiger partial charge in [0.25, 0.3) is 5.91 Å². The van der Waals surface area contributed by atoms with E-state index in [9.17, 15) is 19.5 Å². The van der Waals surface area contributed by atoms with E-state index in [0.717, 1.165) is 10.5 Å². The Morgan fingerprint density at radius 1 is 0.968 bits per heavy atom. The largest absolute Gasteiger partial charge is 0.458 e. The van der Waals surface area contributed by atoms with Crippen LogP contribution in [0.5, 0.6) is 0 Å². The number of amides is 2. The number of furan rings is 1. The second kappa shape index (κ2) is 8.45. The molecule has 0 radical (unpaired) electrons. The lowest BCUT2D eigenvalue weighted by atomic mass is 9.83. The lowest BCUT2D eigenvalue weighted by molar-refractivity contribution is -0.126. The van der Waals surface area contributed by atoms with Gasteiger partial charge in [0.15, 0.2) is 0 Å². The lowest BCUT2D eigenvalue weighted by Gasteiger charge is -2.25. The van der Waals surface area contributed by atoms with Crippen molar-refractivity contribution in [2.75, 3.05) is 18.1 Å². The first-order chi connectivity index (χ1) is 15.1. The zero-order valence-electron chi connectivity index (χ0n) is 16.4. The van der Waals surface area contributed by atoms with Crippen LogP contribution in [0.15, 0.2) is 77.4 Å². The lowest BCUT2D eigenvalue weighted by Crippen LogP contribution is -2.48. The summed E-state index contributed by atoms with van der Waals surface area (Å²) in [5.74, 6) is -1.55. The number of carbonyl (C=O) groups excluding carboxylic acids is 3. The van der Waals surface area contributed by atoms with Gasteiger partial charge in [-0.2, -0.15) is 0 Å². The average Bonchev–Trinajstić information content (AvgIpc) is 3.42. The highest BCUT2D eigenvalue weighted by Crippen LogP contribution is 2.42. The summed E-state index contributed by atoms with van der Waals surface area (Å²) >= 11 is 0. The van der Waals surface area contributed by atoms with Gasteiger partial charge < -0.3 is 19.0 Å². The van der Waals surface area contributed by atoms with E-state index in [4.69, 9.17) is 13.9 Å². The van der Waals surface area contributed by atoms with E-state index in [1.807, 2.05) is 18.2 Å². The molecule has 0 bridgehead atoms. The molecular weight excluding hydrogens is 402 g/mol. The van der Waals surface area contributed by atoms with Crippen LogP contribution < -0.4 is 4.90 Å². The number of imide groups is 1. The summed E-state index contributed by atoms with van der Waals surface area (Å²) in [4.78, 5) is 39.2. The van der Waals surface area contributed by atoms with Gasteiger partial charge in [0.1, 0.15) is 18.6 Å². The number of aliphatic hydroxyl groups is 1. The number of rotatable bonds is 6. The fourth-order valence-electron chi connectivity index (χ4n) is 3.47. The van der Waals surface area contributed by atoms with E-state index in [-0.39, 0.29) is 18.1 Å². The fourth-order valence-corrected chi connectivity index (χ4v) is 3.47. The van der Waals surface area contributed by atoms with Gasteiger partial charge in [-0.25, -0.2) is 14.5 Å². The summed E-state index contributed by atoms with van der Waals surface area (Å²) in [7, 11) is 0. The maximum absolute atomic E-state index is 13.3. The molecule has 0 spiro atoms. The zero-order valence-corrected chi connectivity index (χ0v) is 16.4. The quantitative estimate of drug-likeness (QED) is 0.610. The molecular formula is C23H19NO7. The minimum atomic E-state index is -1.63. The molecule has 8 nitrogen and oxygen atoms in total. The smallest absolute Gasteiger partial charge is 0.421 e. The van der Waals surface area contributed by atoms with Crippen LogP contribution in [-0.2, 0) is 26.3 Å². The molecule has 31 heavy (non-hydrogen) atoms. The van der Waals surface area contributed by atoms with Gasteiger partial charge in [-0.3, -0.25) is 4.79 Å². The predicted molar refractivity (Wildman–Crippen MR) is 108 cm³/mol. The van der Waals surface area contributed by atoms with Gasteiger partial charge in [0, 0.05) is 0 Å². The molecule has 1 N–H and O–H groups in total. The summed E-state index contributed by atoms with van der Waals surface area (Å²) in [5.41, 5.74) is -0.235. The summed E-state index contributed by atoms with van der Waals surface area (Å²) in [5, 5.41) is 10.2. The van der Waals surface area contributed by atoms with Gasteiger partial charge >= 0.3 is 12.1 Å². The molecule has 4 rings (SSSR count). The highest BCUT2D eigenvalue weighted by atomic mass is 16.6. The van der Waals surface area contributed by atoms with Gasteiger partial charge in [0.2, 0.25) is 5.76 Å². The SMILES string of the molecule is O=C(OC[C@]1(CO)C(=O)N(C(=O)OCc2ccccc2)c2ccccc21)c1ccco1. The third-order valence-electron chi connectivity index (χ3n) is 5.10. The van der Waals surface area contributed by atoms with Gasteiger partial charge in [0.05, 0.1) is 18.6 Å². The van der Waals surface area contributed by atoms with Crippen molar-refractivity contribution < 1.29 is 33.4 Å². The maximum Gasteiger partial charge on any atom is 0.421 e. The molecule has 3 aromatic rings. The minimum absolute atomic E-state index is 0.0226. The summed E-state index contributed by atoms with van der Waals surface area (Å²) in [6.07, 6.45) is 0.438. The number of benzene rings is 2. The van der Waals surface area contributed by atoms with E-state index >= 15 is 0 Å². The number of aliphatic hydroxyl groups excluding tert-OH is 1. The minimum Gasteiger partial charge on any atom is -0.458 e. The van der Waals surface area contributed by atoms with Crippen LogP contribution in [0.4, 0.5) is 10.5 Å². The second-order valence-corrected chi connectivity index (χ2v) is 6.99. The van der Waals surface area contributed by atoms with E-state index < -0.39 is 36.6 Å². The summed E-state index contributed by atoms with van der Waals surface area (Å²) in [6, 6.07) is 18.5. The molecule has 1 aliphatic heterocycles. The van der Waals surface area contributed by atoms with Crippen molar-refractivity contribution in [3.05, 3.63) is 89.9 Å². The second-order valence-electron chi connectivity index (χ2n) is 6.99. The molecule has 0 saturated carbocycles. The van der Waals surface area contributed by atoms with Gasteiger partial charge in [-0.1, -0.05) is 48.5 Å². The number of esters is 1. The Morgan fingerprint density at radius 3 is 2.42 bits per heavy atom. The van der Waals surface area contributed by atoms with E-state index in [0.29, 0.717) is 5.56 Å². The van der Waals surface area contributed by atoms with Crippen LogP contribution in [-0.4, -0.2) is 36.3 Å². The Morgan fingerprint density at radius 2 is 1.71 bits per heavy atom. The monoisotopic (exact) mass is 421 g/mol. The number of anilines is 1. The molecule has 1 aromatic heterocycles. The highest BCUT2D eigenvalue weighted by molar-refractivity contribution is 6.21. The molecule has 0 saturated heterocycles.